The molecule has 3 nitrogen and oxygen atoms in total. The zero-order valence-electron chi connectivity index (χ0n) is 10.3. The lowest BCUT2D eigenvalue weighted by Crippen LogP contribution is -1.90. The molecule has 0 heterocycles. The Morgan fingerprint density at radius 2 is 1.67 bits per heavy atom. The van der Waals surface area contributed by atoms with E-state index < -0.39 is 0 Å². The van der Waals surface area contributed by atoms with Crippen molar-refractivity contribution < 1.29 is 14.3 Å². The first kappa shape index (κ1) is 12.2. The van der Waals surface area contributed by atoms with Crippen LogP contribution in [0.1, 0.15) is 10.4 Å². The van der Waals surface area contributed by atoms with Gasteiger partial charge in [0.05, 0.1) is 14.2 Å². The summed E-state index contributed by atoms with van der Waals surface area (Å²) in [6.45, 7) is 0. The van der Waals surface area contributed by atoms with Gasteiger partial charge in [0.25, 0.3) is 0 Å². The van der Waals surface area contributed by atoms with E-state index >= 15 is 0 Å². The summed E-state index contributed by atoms with van der Waals surface area (Å²) >= 11 is 0. The number of ether oxygens (including phenoxy) is 2. The van der Waals surface area contributed by atoms with Gasteiger partial charge < -0.3 is 9.47 Å². The van der Waals surface area contributed by atoms with Crippen LogP contribution in [0.15, 0.2) is 42.5 Å². The van der Waals surface area contributed by atoms with E-state index in [4.69, 9.17) is 9.47 Å². The lowest BCUT2D eigenvalue weighted by molar-refractivity contribution is 0.112. The Bertz CT molecular complexity index is 544. The van der Waals surface area contributed by atoms with Crippen LogP contribution in [0.5, 0.6) is 11.5 Å². The summed E-state index contributed by atoms with van der Waals surface area (Å²) in [4.78, 5) is 10.6. The highest BCUT2D eigenvalue weighted by Gasteiger charge is 2.07. The monoisotopic (exact) mass is 242 g/mol. The number of hydrogen-bond donors (Lipinski definition) is 0. The zero-order chi connectivity index (χ0) is 13.0. The van der Waals surface area contributed by atoms with Gasteiger partial charge in [0, 0.05) is 11.1 Å². The van der Waals surface area contributed by atoms with Crippen LogP contribution in [0.3, 0.4) is 0 Å². The summed E-state index contributed by atoms with van der Waals surface area (Å²) in [5, 5.41) is 0. The van der Waals surface area contributed by atoms with Gasteiger partial charge >= 0.3 is 0 Å². The van der Waals surface area contributed by atoms with Crippen molar-refractivity contribution in [2.24, 2.45) is 0 Å². The van der Waals surface area contributed by atoms with Crippen molar-refractivity contribution in [1.82, 2.24) is 0 Å². The smallest absolute Gasteiger partial charge is 0.150 e. The number of carbonyl (C=O) groups is 1. The van der Waals surface area contributed by atoms with Crippen molar-refractivity contribution >= 4 is 6.29 Å². The molecule has 0 spiro atoms. The van der Waals surface area contributed by atoms with E-state index in [-0.39, 0.29) is 0 Å². The molecular weight excluding hydrogens is 228 g/mol. The molecule has 0 fully saturated rings. The molecule has 0 aliphatic carbocycles. The number of benzene rings is 2. The molecule has 0 radical (unpaired) electrons. The molecule has 18 heavy (non-hydrogen) atoms. The Kier molecular flexibility index (Phi) is 3.63. The lowest BCUT2D eigenvalue weighted by Gasteiger charge is -2.10. The number of aldehydes is 1. The summed E-state index contributed by atoms with van der Waals surface area (Å²) < 4.78 is 10.5. The second-order valence-electron chi connectivity index (χ2n) is 3.81. The van der Waals surface area contributed by atoms with Crippen LogP contribution in [0, 0.1) is 0 Å². The molecular formula is C15H14O3. The molecule has 92 valence electrons. The fourth-order valence-corrected chi connectivity index (χ4v) is 1.78. The third-order valence-electron chi connectivity index (χ3n) is 2.76. The largest absolute Gasteiger partial charge is 0.497 e. The average molecular weight is 242 g/mol. The molecule has 2 rings (SSSR count). The van der Waals surface area contributed by atoms with Gasteiger partial charge in [-0.2, -0.15) is 0 Å². The zero-order valence-corrected chi connectivity index (χ0v) is 10.3. The van der Waals surface area contributed by atoms with E-state index in [1.165, 1.54) is 0 Å². The molecule has 3 heteroatoms. The Balaban J connectivity index is 2.49. The molecule has 0 saturated carbocycles. The van der Waals surface area contributed by atoms with Crippen molar-refractivity contribution in [3.63, 3.8) is 0 Å². The first-order valence-corrected chi connectivity index (χ1v) is 5.56. The fourth-order valence-electron chi connectivity index (χ4n) is 1.78. The van der Waals surface area contributed by atoms with E-state index in [2.05, 4.69) is 0 Å². The summed E-state index contributed by atoms with van der Waals surface area (Å²) in [5.41, 5.74) is 2.58. The SMILES string of the molecule is COc1ccc(OC)c(-c2ccc(C=O)cc2)c1. The Morgan fingerprint density at radius 1 is 0.944 bits per heavy atom. The van der Waals surface area contributed by atoms with Crippen molar-refractivity contribution in [1.29, 1.82) is 0 Å². The predicted octanol–water partition coefficient (Wildman–Crippen LogP) is 3.18. The standard InChI is InChI=1S/C15H14O3/c1-17-13-7-8-15(18-2)14(9-13)12-5-3-11(10-16)4-6-12/h3-10H,1-2H3. The van der Waals surface area contributed by atoms with Gasteiger partial charge in [0.1, 0.15) is 17.8 Å². The highest BCUT2D eigenvalue weighted by Crippen LogP contribution is 2.33. The summed E-state index contributed by atoms with van der Waals surface area (Å²) in [5.74, 6) is 1.54. The van der Waals surface area contributed by atoms with E-state index in [1.807, 2.05) is 30.3 Å². The van der Waals surface area contributed by atoms with Crippen LogP contribution >= 0.6 is 0 Å². The molecule has 0 bridgehead atoms. The normalized spacial score (nSPS) is 9.89. The first-order valence-electron chi connectivity index (χ1n) is 5.56. The molecule has 0 atom stereocenters. The Labute approximate surface area is 106 Å². The maximum absolute atomic E-state index is 10.6. The number of hydrogen-bond acceptors (Lipinski definition) is 3. The van der Waals surface area contributed by atoms with E-state index in [0.29, 0.717) is 5.56 Å². The molecule has 0 aromatic heterocycles. The van der Waals surface area contributed by atoms with Crippen LogP contribution in [0.4, 0.5) is 0 Å². The molecule has 0 unspecified atom stereocenters. The molecule has 2 aromatic carbocycles. The van der Waals surface area contributed by atoms with Crippen LogP contribution < -0.4 is 9.47 Å². The van der Waals surface area contributed by atoms with Gasteiger partial charge in [-0.05, 0) is 23.8 Å². The van der Waals surface area contributed by atoms with Gasteiger partial charge in [-0.1, -0.05) is 24.3 Å². The topological polar surface area (TPSA) is 35.5 Å². The minimum absolute atomic E-state index is 0.653. The predicted molar refractivity (Wildman–Crippen MR) is 70.4 cm³/mol. The van der Waals surface area contributed by atoms with Gasteiger partial charge in [-0.15, -0.1) is 0 Å². The highest BCUT2D eigenvalue weighted by atomic mass is 16.5. The number of carbonyl (C=O) groups excluding carboxylic acids is 1. The van der Waals surface area contributed by atoms with E-state index in [0.717, 1.165) is 28.9 Å². The second-order valence-corrected chi connectivity index (χ2v) is 3.81. The lowest BCUT2D eigenvalue weighted by atomic mass is 10.0. The summed E-state index contributed by atoms with van der Waals surface area (Å²) in [6.07, 6.45) is 0.826. The maximum Gasteiger partial charge on any atom is 0.150 e. The first-order chi connectivity index (χ1) is 8.78. The minimum Gasteiger partial charge on any atom is -0.497 e. The van der Waals surface area contributed by atoms with Gasteiger partial charge in [-0.25, -0.2) is 0 Å². The third-order valence-corrected chi connectivity index (χ3v) is 2.76. The van der Waals surface area contributed by atoms with Crippen molar-refractivity contribution in [3.8, 4) is 22.6 Å². The van der Waals surface area contributed by atoms with Crippen LogP contribution in [0.25, 0.3) is 11.1 Å². The van der Waals surface area contributed by atoms with Gasteiger partial charge in [-0.3, -0.25) is 4.79 Å². The van der Waals surface area contributed by atoms with E-state index in [1.54, 1.807) is 26.4 Å². The van der Waals surface area contributed by atoms with Crippen molar-refractivity contribution in [2.75, 3.05) is 14.2 Å². The maximum atomic E-state index is 10.6. The molecule has 0 N–H and O–H groups in total. The van der Waals surface area contributed by atoms with Crippen LogP contribution in [-0.4, -0.2) is 20.5 Å². The van der Waals surface area contributed by atoms with E-state index in [9.17, 15) is 4.79 Å². The number of methoxy groups -OCH3 is 2. The molecule has 0 saturated heterocycles. The molecule has 0 amide bonds. The summed E-state index contributed by atoms with van der Waals surface area (Å²) in [7, 11) is 3.26. The Hall–Kier alpha value is -2.29. The van der Waals surface area contributed by atoms with Crippen LogP contribution in [0.2, 0.25) is 0 Å². The second kappa shape index (κ2) is 5.36. The quantitative estimate of drug-likeness (QED) is 0.772. The van der Waals surface area contributed by atoms with Crippen molar-refractivity contribution in [2.45, 2.75) is 0 Å². The summed E-state index contributed by atoms with van der Waals surface area (Å²) in [6, 6.07) is 13.0. The minimum atomic E-state index is 0.653. The Morgan fingerprint density at radius 3 is 2.22 bits per heavy atom. The average Bonchev–Trinajstić information content (AvgIpc) is 2.46. The van der Waals surface area contributed by atoms with Gasteiger partial charge in [0.2, 0.25) is 0 Å². The molecule has 0 aliphatic rings. The third kappa shape index (κ3) is 2.35. The van der Waals surface area contributed by atoms with Crippen molar-refractivity contribution in [3.05, 3.63) is 48.0 Å². The molecule has 2 aromatic rings. The van der Waals surface area contributed by atoms with Crippen LogP contribution in [-0.2, 0) is 0 Å². The van der Waals surface area contributed by atoms with Gasteiger partial charge in [0.15, 0.2) is 0 Å². The fraction of sp³-hybridized carbons (Fsp3) is 0.133. The number of rotatable bonds is 4. The highest BCUT2D eigenvalue weighted by molar-refractivity contribution is 5.78. The molecule has 0 aliphatic heterocycles.